The molecule has 144 heavy (non-hydrogen) atoms. The summed E-state index contributed by atoms with van der Waals surface area (Å²) in [6.45, 7) is 3.39. The molecule has 0 radical (unpaired) electrons. The fourth-order valence-electron chi connectivity index (χ4n) is 14.8. The Morgan fingerprint density at radius 1 is 0.306 bits per heavy atom. The smallest absolute Gasteiger partial charge is 0.277 e. The Hall–Kier alpha value is -10.7. The molecule has 5 aromatic heterocycles. The van der Waals surface area contributed by atoms with E-state index in [-0.39, 0.29) is 152 Å². The highest BCUT2D eigenvalue weighted by Crippen LogP contribution is 2.33. The standard InChI is InChI=1S/C16H21BrFN7O4S.2C15H19BrFN7O4S.2C14H17BrFN7O4S/c17-12-9-10(4-5-13(12)18)21-16(22-26)14-15(24-29-23-14)20-7-6-11-3-1-2-8-25(11)30(19,27)28;16-11-8-9(3-4-12(11)17)20-15(21-25)13-14(23-28-22-13)19-6-5-10-2-1-7-24(10)29(18,26)27;16-11-7-9(4-5-12(11)17)20-15(21-25)13-14(23-28-22-13)19-8-10-3-1-2-6-24(10)29(18,26)27;15-10-7-8(1-2-11(10)16)19-14(20-24)12-13(22-27-21-12)18-5-3-9-4-6-23(9)28(17,25)26;15-10-6-8(3-4-11(10)16)19-14(20-24)12-13(22-27-21-12)18-7-9-2-1-5-23(9)28(17,25)26/h4-5,9,11,26H,1-3,6-8H2,(H,20,24)(H,21,22)(H2,19,27,28);3-4,8,10,25H,1-2,5-7H2,(H,19,23)(H,20,21)(H2,18,26,27);4-5,7,10,25H,1-3,6,8H2,(H,19,23)(H,20,21)(H2,18,26,27);1-2,7,9,24H,3-6H2,(H,18,22)(H,19,20)(H2,17,25,26);3-4,6,9,24H,1-2,5,7H2,(H,18,22)(H,19,20)(H2,17,25,26). The second-order valence-corrected chi connectivity index (χ2v) is 42.9. The SMILES string of the molecule is NS(=O)(=O)N1CCC1CCNc1nonc1C(=Nc1ccc(F)c(Br)c1)NO.NS(=O)(=O)N1CCCC1CCNc1nonc1C(=Nc1ccc(F)c(Br)c1)NO.NS(=O)(=O)N1CCCC1CNc1nonc1C(=Nc1ccc(F)c(Br)c1)NO.NS(=O)(=O)N1CCCCC1CCNc1nonc1C(=Nc1ccc(F)c(Br)c1)NO.NS(=O)(=O)N1CCCCC1CNc1nonc1C(=Nc1ccc(F)c(Br)c1)NO. The maximum absolute atomic E-state index is 13.4. The van der Waals surface area contributed by atoms with E-state index >= 15 is 0 Å². The van der Waals surface area contributed by atoms with Crippen LogP contribution >= 0.6 is 79.6 Å². The zero-order valence-electron chi connectivity index (χ0n) is 74.5. The highest BCUT2D eigenvalue weighted by molar-refractivity contribution is 9.11. The van der Waals surface area contributed by atoms with Gasteiger partial charge in [0.25, 0.3) is 51.0 Å². The average molecular weight is 2450 g/mol. The Morgan fingerprint density at radius 2 is 0.514 bits per heavy atom. The van der Waals surface area contributed by atoms with E-state index in [9.17, 15) is 90.1 Å². The lowest BCUT2D eigenvalue weighted by atomic mass is 10.0. The van der Waals surface area contributed by atoms with E-state index in [0.29, 0.717) is 139 Å². The number of hydrogen-bond donors (Lipinski definition) is 20. The summed E-state index contributed by atoms with van der Waals surface area (Å²) in [6, 6.07) is 18.9. The van der Waals surface area contributed by atoms with Gasteiger partial charge in [-0.15, -0.1) is 0 Å². The number of nitrogens with zero attached hydrogens (tertiary/aromatic N) is 20. The first-order chi connectivity index (χ1) is 68.5. The van der Waals surface area contributed by atoms with Crippen LogP contribution < -0.4 is 79.7 Å². The van der Waals surface area contributed by atoms with Crippen molar-refractivity contribution in [2.75, 3.05) is 92.0 Å². The van der Waals surface area contributed by atoms with E-state index in [1.807, 2.05) is 27.4 Å². The minimum Gasteiger partial charge on any atom is -0.365 e. The van der Waals surface area contributed by atoms with Crippen molar-refractivity contribution >= 4 is 217 Å². The third-order valence-corrected chi connectivity index (χ3v) is 30.4. The van der Waals surface area contributed by atoms with Gasteiger partial charge in [-0.2, -0.15) is 63.6 Å². The molecule has 5 aromatic carbocycles. The number of amidine groups is 5. The third-order valence-electron chi connectivity index (χ3n) is 21.7. The summed E-state index contributed by atoms with van der Waals surface area (Å²) in [6.07, 6.45) is 9.63. The van der Waals surface area contributed by atoms with E-state index in [0.717, 1.165) is 32.1 Å². The molecule has 10 aromatic rings. The number of anilines is 5. The molecular weight excluding hydrogens is 2350 g/mol. The van der Waals surface area contributed by atoms with Crippen LogP contribution in [0.25, 0.3) is 0 Å². The number of nitrogens with one attached hydrogen (secondary N) is 10. The predicted octanol–water partition coefficient (Wildman–Crippen LogP) is 7.10. The molecule has 55 nitrogen and oxygen atoms in total. The van der Waals surface area contributed by atoms with Gasteiger partial charge in [0.1, 0.15) is 29.1 Å². The molecule has 5 aliphatic heterocycles. The molecule has 5 fully saturated rings. The van der Waals surface area contributed by atoms with Crippen molar-refractivity contribution < 1.29 is 113 Å². The van der Waals surface area contributed by atoms with Crippen molar-refractivity contribution in [2.45, 2.75) is 120 Å². The lowest BCUT2D eigenvalue weighted by molar-refractivity contribution is 0.192. The van der Waals surface area contributed by atoms with Crippen molar-refractivity contribution in [1.29, 1.82) is 0 Å². The average Bonchev–Trinajstić information content (AvgIpc) is 1.12. The Bertz CT molecular complexity index is 6840. The summed E-state index contributed by atoms with van der Waals surface area (Å²) in [5, 5.41) is 125. The van der Waals surface area contributed by atoms with Gasteiger partial charge in [-0.05, 0) is 299 Å². The van der Waals surface area contributed by atoms with E-state index in [4.69, 9.17) is 48.8 Å². The maximum atomic E-state index is 13.4. The first-order valence-electron chi connectivity index (χ1n) is 42.5. The number of halogens is 10. The van der Waals surface area contributed by atoms with E-state index in [1.165, 1.54) is 113 Å². The molecule has 784 valence electrons. The van der Waals surface area contributed by atoms with Crippen LogP contribution in [0.4, 0.5) is 79.5 Å². The van der Waals surface area contributed by atoms with Crippen LogP contribution in [0.3, 0.4) is 0 Å². The predicted molar refractivity (Wildman–Crippen MR) is 523 cm³/mol. The first-order valence-corrected chi connectivity index (χ1v) is 54.0. The molecule has 0 amide bonds. The first kappa shape index (κ1) is 114. The van der Waals surface area contributed by atoms with Gasteiger partial charge in [0.2, 0.25) is 29.1 Å². The molecule has 5 unspecified atom stereocenters. The van der Waals surface area contributed by atoms with E-state index < -0.39 is 80.1 Å². The van der Waals surface area contributed by atoms with Gasteiger partial charge in [0.05, 0.1) is 50.8 Å². The Kier molecular flexibility index (Phi) is 41.5. The molecule has 10 heterocycles. The van der Waals surface area contributed by atoms with Gasteiger partial charge in [0.15, 0.2) is 57.6 Å². The van der Waals surface area contributed by atoms with Crippen LogP contribution in [0.5, 0.6) is 0 Å². The van der Waals surface area contributed by atoms with Crippen molar-refractivity contribution in [3.63, 3.8) is 0 Å². The zero-order valence-corrected chi connectivity index (χ0v) is 86.5. The van der Waals surface area contributed by atoms with Crippen LogP contribution in [-0.4, -0.2) is 266 Å². The van der Waals surface area contributed by atoms with Crippen molar-refractivity contribution in [2.24, 2.45) is 50.7 Å². The quantitative estimate of drug-likeness (QED) is 0.00843. The monoisotopic (exact) mass is 2440 g/mol. The number of aromatic nitrogens is 10. The molecule has 25 N–H and O–H groups in total. The molecule has 5 aliphatic rings. The van der Waals surface area contributed by atoms with Gasteiger partial charge in [-0.25, -0.2) is 95.8 Å². The van der Waals surface area contributed by atoms with Crippen LogP contribution in [0, 0.1) is 29.1 Å². The molecule has 15 rings (SSSR count). The topological polar surface area (TPSA) is 795 Å². The normalized spacial score (nSPS) is 18.3. The number of hydroxylamine groups is 5. The Balaban J connectivity index is 0.000000172. The number of rotatable bonds is 33. The maximum Gasteiger partial charge on any atom is 0.277 e. The highest BCUT2D eigenvalue weighted by Gasteiger charge is 2.38. The highest BCUT2D eigenvalue weighted by atomic mass is 79.9. The number of piperidine rings is 2. The van der Waals surface area contributed by atoms with E-state index in [2.05, 4.69) is 183 Å². The molecule has 0 saturated carbocycles. The molecule has 5 saturated heterocycles. The largest absolute Gasteiger partial charge is 0.365 e. The van der Waals surface area contributed by atoms with Gasteiger partial charge in [-0.1, -0.05) is 12.8 Å². The van der Waals surface area contributed by atoms with Crippen LogP contribution in [-0.2, 0) is 51.0 Å². The molecule has 5 atom stereocenters. The fraction of sp³-hybridized carbons (Fsp3) is 0.392. The molecular formula is C74H93Br5F5N35O20S5. The third kappa shape index (κ3) is 32.2. The van der Waals surface area contributed by atoms with Crippen LogP contribution in [0.2, 0.25) is 0 Å². The second kappa shape index (κ2) is 52.6. The number of aliphatic imine (C=N–C) groups is 5. The van der Waals surface area contributed by atoms with Gasteiger partial charge >= 0.3 is 0 Å². The molecule has 0 bridgehead atoms. The Labute approximate surface area is 858 Å². The summed E-state index contributed by atoms with van der Waals surface area (Å²) >= 11 is 15.3. The minimum atomic E-state index is -3.82. The van der Waals surface area contributed by atoms with Crippen molar-refractivity contribution in [1.82, 2.24) is 100 Å². The fourth-order valence-corrected chi connectivity index (χ4v) is 21.6. The number of nitrogens with two attached hydrogens (primary N) is 5. The lowest BCUT2D eigenvalue weighted by Gasteiger charge is -2.38. The van der Waals surface area contributed by atoms with Gasteiger partial charge in [-0.3, -0.25) is 53.4 Å². The van der Waals surface area contributed by atoms with Crippen LogP contribution in [0.15, 0.2) is 161 Å². The second-order valence-electron chi connectivity index (χ2n) is 31.2. The summed E-state index contributed by atoms with van der Waals surface area (Å²) in [5.74, 6) is -1.79. The molecule has 0 aliphatic carbocycles. The minimum absolute atomic E-state index is 0.0584. The van der Waals surface area contributed by atoms with Crippen molar-refractivity contribution in [3.8, 4) is 0 Å². The zero-order chi connectivity index (χ0) is 104. The summed E-state index contributed by atoms with van der Waals surface area (Å²) < 4.78 is 214. The van der Waals surface area contributed by atoms with Gasteiger partial charge in [0, 0.05) is 95.7 Å². The summed E-state index contributed by atoms with van der Waals surface area (Å²) in [5.41, 5.74) is 11.7. The Morgan fingerprint density at radius 3 is 0.743 bits per heavy atom. The summed E-state index contributed by atoms with van der Waals surface area (Å²) in [7, 11) is -18.8. The molecule has 0 spiro atoms. The van der Waals surface area contributed by atoms with E-state index in [1.54, 1.807) is 0 Å². The number of hydrogen-bond acceptors (Lipinski definition) is 40. The van der Waals surface area contributed by atoms with Crippen molar-refractivity contribution in [3.05, 3.63) is 171 Å². The van der Waals surface area contributed by atoms with Crippen LogP contribution in [0.1, 0.15) is 118 Å². The molecule has 70 heteroatoms. The van der Waals surface area contributed by atoms with Gasteiger partial charge < -0.3 is 26.6 Å². The summed E-state index contributed by atoms with van der Waals surface area (Å²) in [4.78, 5) is 20.8. The number of benzene rings is 5. The lowest BCUT2D eigenvalue weighted by Crippen LogP contribution is -2.54.